The molecule has 20 heavy (non-hydrogen) atoms. The van der Waals surface area contributed by atoms with Gasteiger partial charge >= 0.3 is 0 Å². The van der Waals surface area contributed by atoms with Crippen LogP contribution in [-0.4, -0.2) is 30.4 Å². The molecule has 1 saturated heterocycles. The molecule has 2 rings (SSSR count). The summed E-state index contributed by atoms with van der Waals surface area (Å²) < 4.78 is 0. The Morgan fingerprint density at radius 2 is 2.10 bits per heavy atom. The van der Waals surface area contributed by atoms with Crippen molar-refractivity contribution in [3.63, 3.8) is 0 Å². The van der Waals surface area contributed by atoms with Crippen molar-refractivity contribution in [2.24, 2.45) is 11.7 Å². The van der Waals surface area contributed by atoms with Crippen molar-refractivity contribution >= 4 is 5.91 Å². The van der Waals surface area contributed by atoms with Gasteiger partial charge in [-0.1, -0.05) is 18.8 Å². The zero-order chi connectivity index (χ0) is 14.5. The number of rotatable bonds is 1. The van der Waals surface area contributed by atoms with E-state index in [9.17, 15) is 4.79 Å². The van der Waals surface area contributed by atoms with Crippen molar-refractivity contribution in [1.29, 1.82) is 0 Å². The molecule has 3 nitrogen and oxygen atoms in total. The van der Waals surface area contributed by atoms with Crippen LogP contribution in [0.5, 0.6) is 0 Å². The molecule has 0 saturated carbocycles. The lowest BCUT2D eigenvalue weighted by Gasteiger charge is -2.30. The number of amides is 1. The Bertz CT molecular complexity index is 546. The van der Waals surface area contributed by atoms with Crippen molar-refractivity contribution < 1.29 is 4.79 Å². The number of carbonyl (C=O) groups excluding carboxylic acids is 1. The topological polar surface area (TPSA) is 46.3 Å². The molecule has 2 N–H and O–H groups in total. The molecule has 1 amide bonds. The molecule has 0 spiro atoms. The molecule has 0 aliphatic carbocycles. The molecule has 0 unspecified atom stereocenters. The number of nitrogens with two attached hydrogens (primary N) is 1. The van der Waals surface area contributed by atoms with E-state index in [1.54, 1.807) is 0 Å². The molecule has 0 radical (unpaired) electrons. The predicted molar refractivity (Wildman–Crippen MR) is 81.4 cm³/mol. The van der Waals surface area contributed by atoms with E-state index in [-0.39, 0.29) is 5.91 Å². The van der Waals surface area contributed by atoms with Crippen LogP contribution in [0.3, 0.4) is 0 Å². The van der Waals surface area contributed by atoms with Gasteiger partial charge in [0.05, 0.1) is 6.54 Å². The van der Waals surface area contributed by atoms with E-state index >= 15 is 0 Å². The molecule has 1 aliphatic heterocycles. The minimum Gasteiger partial charge on any atom is -0.339 e. The van der Waals surface area contributed by atoms with Crippen molar-refractivity contribution in [1.82, 2.24) is 4.90 Å². The van der Waals surface area contributed by atoms with E-state index in [0.717, 1.165) is 48.5 Å². The molecule has 1 aromatic rings. The SMILES string of the molecule is Cc1cc(C(=O)N2CCC(C)CC2)ccc1C#CCN. The first-order valence-electron chi connectivity index (χ1n) is 7.20. The third kappa shape index (κ3) is 3.40. The van der Waals surface area contributed by atoms with Crippen LogP contribution in [0.2, 0.25) is 0 Å². The van der Waals surface area contributed by atoms with Crippen LogP contribution in [0, 0.1) is 24.7 Å². The standard InChI is InChI=1S/C17H22N2O/c1-13-7-10-19(11-8-13)17(20)16-6-5-15(4-3-9-18)14(2)12-16/h5-6,12-13H,7-11,18H2,1-2H3. The van der Waals surface area contributed by atoms with Gasteiger partial charge in [-0.15, -0.1) is 0 Å². The average Bonchev–Trinajstić information content (AvgIpc) is 2.46. The number of benzene rings is 1. The van der Waals surface area contributed by atoms with Crippen LogP contribution in [-0.2, 0) is 0 Å². The second-order valence-electron chi connectivity index (χ2n) is 5.51. The molecule has 1 fully saturated rings. The smallest absolute Gasteiger partial charge is 0.253 e. The van der Waals surface area contributed by atoms with Gasteiger partial charge in [0.1, 0.15) is 0 Å². The quantitative estimate of drug-likeness (QED) is 0.795. The summed E-state index contributed by atoms with van der Waals surface area (Å²) in [5, 5.41) is 0. The molecule has 0 bridgehead atoms. The summed E-state index contributed by atoms with van der Waals surface area (Å²) in [4.78, 5) is 14.4. The van der Waals surface area contributed by atoms with Gasteiger partial charge in [0.15, 0.2) is 0 Å². The Hall–Kier alpha value is -1.79. The highest BCUT2D eigenvalue weighted by Crippen LogP contribution is 2.19. The summed E-state index contributed by atoms with van der Waals surface area (Å²) in [6, 6.07) is 5.71. The van der Waals surface area contributed by atoms with E-state index in [1.165, 1.54) is 0 Å². The monoisotopic (exact) mass is 270 g/mol. The molecule has 0 atom stereocenters. The third-order valence-electron chi connectivity index (χ3n) is 3.87. The number of aryl methyl sites for hydroxylation is 1. The number of carbonyl (C=O) groups is 1. The van der Waals surface area contributed by atoms with Gasteiger partial charge < -0.3 is 10.6 Å². The maximum atomic E-state index is 12.5. The number of hydrogen-bond donors (Lipinski definition) is 1. The lowest BCUT2D eigenvalue weighted by molar-refractivity contribution is 0.0697. The van der Waals surface area contributed by atoms with Crippen molar-refractivity contribution in [3.05, 3.63) is 34.9 Å². The van der Waals surface area contributed by atoms with E-state index in [1.807, 2.05) is 30.0 Å². The molecule has 3 heteroatoms. The number of piperidine rings is 1. The van der Waals surface area contributed by atoms with Crippen LogP contribution in [0.25, 0.3) is 0 Å². The third-order valence-corrected chi connectivity index (χ3v) is 3.87. The summed E-state index contributed by atoms with van der Waals surface area (Å²) in [6.45, 7) is 6.32. The highest BCUT2D eigenvalue weighted by molar-refractivity contribution is 5.94. The first kappa shape index (κ1) is 14.6. The Balaban J connectivity index is 2.13. The summed E-state index contributed by atoms with van der Waals surface area (Å²) in [5.41, 5.74) is 8.11. The zero-order valence-electron chi connectivity index (χ0n) is 12.3. The number of hydrogen-bond acceptors (Lipinski definition) is 2. The van der Waals surface area contributed by atoms with Crippen LogP contribution < -0.4 is 5.73 Å². The summed E-state index contributed by atoms with van der Waals surface area (Å²) in [5.74, 6) is 6.74. The number of likely N-dealkylation sites (tertiary alicyclic amines) is 1. The van der Waals surface area contributed by atoms with Gasteiger partial charge in [0.2, 0.25) is 0 Å². The van der Waals surface area contributed by atoms with Gasteiger partial charge in [0, 0.05) is 24.2 Å². The highest BCUT2D eigenvalue weighted by Gasteiger charge is 2.21. The van der Waals surface area contributed by atoms with Crippen LogP contribution >= 0.6 is 0 Å². The molecular weight excluding hydrogens is 248 g/mol. The first-order valence-corrected chi connectivity index (χ1v) is 7.20. The van der Waals surface area contributed by atoms with Gasteiger partial charge in [0.25, 0.3) is 5.91 Å². The van der Waals surface area contributed by atoms with Gasteiger partial charge in [-0.2, -0.15) is 0 Å². The van der Waals surface area contributed by atoms with Crippen molar-refractivity contribution in [3.8, 4) is 11.8 Å². The Kier molecular flexibility index (Phi) is 4.81. The van der Waals surface area contributed by atoms with Crippen molar-refractivity contribution in [2.75, 3.05) is 19.6 Å². The Morgan fingerprint density at radius 3 is 2.70 bits per heavy atom. The van der Waals surface area contributed by atoms with Gasteiger partial charge in [-0.05, 0) is 49.4 Å². The Labute approximate surface area is 121 Å². The Morgan fingerprint density at radius 1 is 1.40 bits per heavy atom. The molecule has 1 heterocycles. The summed E-state index contributed by atoms with van der Waals surface area (Å²) >= 11 is 0. The normalized spacial score (nSPS) is 15.7. The molecule has 1 aromatic carbocycles. The largest absolute Gasteiger partial charge is 0.339 e. The maximum absolute atomic E-state index is 12.5. The van der Waals surface area contributed by atoms with Crippen LogP contribution in [0.4, 0.5) is 0 Å². The van der Waals surface area contributed by atoms with Gasteiger partial charge in [-0.3, -0.25) is 4.79 Å². The minimum atomic E-state index is 0.137. The van der Waals surface area contributed by atoms with Crippen molar-refractivity contribution in [2.45, 2.75) is 26.7 Å². The first-order chi connectivity index (χ1) is 9.61. The van der Waals surface area contributed by atoms with E-state index in [0.29, 0.717) is 6.54 Å². The molecule has 1 aliphatic rings. The lowest BCUT2D eigenvalue weighted by Crippen LogP contribution is -2.37. The van der Waals surface area contributed by atoms with Crippen LogP contribution in [0.15, 0.2) is 18.2 Å². The molecular formula is C17H22N2O. The molecule has 106 valence electrons. The summed E-state index contributed by atoms with van der Waals surface area (Å²) in [6.07, 6.45) is 2.20. The van der Waals surface area contributed by atoms with E-state index in [4.69, 9.17) is 5.73 Å². The second-order valence-corrected chi connectivity index (χ2v) is 5.51. The second kappa shape index (κ2) is 6.58. The predicted octanol–water partition coefficient (Wildman–Crippen LogP) is 2.18. The fourth-order valence-corrected chi connectivity index (χ4v) is 2.48. The summed E-state index contributed by atoms with van der Waals surface area (Å²) in [7, 11) is 0. The van der Waals surface area contributed by atoms with Crippen LogP contribution in [0.1, 0.15) is 41.3 Å². The van der Waals surface area contributed by atoms with E-state index < -0.39 is 0 Å². The highest BCUT2D eigenvalue weighted by atomic mass is 16.2. The fraction of sp³-hybridized carbons (Fsp3) is 0.471. The zero-order valence-corrected chi connectivity index (χ0v) is 12.3. The van der Waals surface area contributed by atoms with Gasteiger partial charge in [-0.25, -0.2) is 0 Å². The maximum Gasteiger partial charge on any atom is 0.253 e. The minimum absolute atomic E-state index is 0.137. The van der Waals surface area contributed by atoms with E-state index in [2.05, 4.69) is 18.8 Å². The lowest BCUT2D eigenvalue weighted by atomic mass is 9.98. The average molecular weight is 270 g/mol. The number of nitrogens with zero attached hydrogens (tertiary/aromatic N) is 1. The fourth-order valence-electron chi connectivity index (χ4n) is 2.48. The molecule has 0 aromatic heterocycles.